The Morgan fingerprint density at radius 3 is 2.59 bits per heavy atom. The Kier molecular flexibility index (Phi) is 6.51. The molecule has 0 fully saturated rings. The van der Waals surface area contributed by atoms with Gasteiger partial charge in [0, 0.05) is 12.0 Å². The summed E-state index contributed by atoms with van der Waals surface area (Å²) in [7, 11) is 0. The Hall–Kier alpha value is -2.49. The van der Waals surface area contributed by atoms with Crippen LogP contribution in [0.3, 0.4) is 0 Å². The molecule has 29 heavy (non-hydrogen) atoms. The molecule has 2 aromatic carbocycles. The quantitative estimate of drug-likeness (QED) is 0.658. The Balaban J connectivity index is 1.81. The number of amides is 1. The summed E-state index contributed by atoms with van der Waals surface area (Å²) in [5.41, 5.74) is 2.95. The van der Waals surface area contributed by atoms with Crippen LogP contribution in [0.2, 0.25) is 0 Å². The molecule has 1 N–H and O–H groups in total. The molecule has 2 aromatic rings. The van der Waals surface area contributed by atoms with Crippen molar-refractivity contribution in [3.05, 3.63) is 59.2 Å². The molecule has 0 aliphatic carbocycles. The van der Waals surface area contributed by atoms with E-state index in [2.05, 4.69) is 25.2 Å². The molecule has 3 rings (SSSR count). The van der Waals surface area contributed by atoms with Gasteiger partial charge in [0.15, 0.2) is 6.10 Å². The van der Waals surface area contributed by atoms with Crippen molar-refractivity contribution in [3.63, 3.8) is 0 Å². The summed E-state index contributed by atoms with van der Waals surface area (Å²) in [4.78, 5) is 13.2. The summed E-state index contributed by atoms with van der Waals surface area (Å²) in [5.74, 6) is 1.57. The Morgan fingerprint density at radius 1 is 1.17 bits per heavy atom. The van der Waals surface area contributed by atoms with Crippen LogP contribution in [0.1, 0.15) is 69.2 Å². The highest BCUT2D eigenvalue weighted by Crippen LogP contribution is 2.42. The summed E-state index contributed by atoms with van der Waals surface area (Å²) < 4.78 is 12.5. The largest absolute Gasteiger partial charge is 0.487 e. The Bertz CT molecular complexity index is 857. The van der Waals surface area contributed by atoms with Gasteiger partial charge in [0.1, 0.15) is 17.1 Å². The molecule has 2 atom stereocenters. The molecule has 0 saturated carbocycles. The van der Waals surface area contributed by atoms with Crippen LogP contribution in [0.15, 0.2) is 42.5 Å². The van der Waals surface area contributed by atoms with Gasteiger partial charge in [-0.3, -0.25) is 4.79 Å². The average Bonchev–Trinajstić information content (AvgIpc) is 2.74. The molecular formula is C25H33NO3. The molecule has 1 heterocycles. The lowest BCUT2D eigenvalue weighted by Crippen LogP contribution is -2.47. The number of hydrogen-bond donors (Lipinski definition) is 1. The van der Waals surface area contributed by atoms with E-state index in [1.54, 1.807) is 0 Å². The predicted octanol–water partition coefficient (Wildman–Crippen LogP) is 5.66. The SMILES string of the molecule is CCC(Oc1cc(C)ccc1C)C(=O)NC1CC(CC)(CC)Oc2ccccc21. The molecule has 0 aromatic heterocycles. The highest BCUT2D eigenvalue weighted by Gasteiger charge is 2.39. The zero-order valence-corrected chi connectivity index (χ0v) is 18.2. The topological polar surface area (TPSA) is 47.6 Å². The van der Waals surface area contributed by atoms with Crippen LogP contribution in [-0.2, 0) is 4.79 Å². The van der Waals surface area contributed by atoms with Gasteiger partial charge in [-0.15, -0.1) is 0 Å². The van der Waals surface area contributed by atoms with Gasteiger partial charge >= 0.3 is 0 Å². The zero-order chi connectivity index (χ0) is 21.0. The van der Waals surface area contributed by atoms with Crippen molar-refractivity contribution in [1.82, 2.24) is 5.32 Å². The lowest BCUT2D eigenvalue weighted by atomic mass is 9.83. The molecule has 0 radical (unpaired) electrons. The second-order valence-electron chi connectivity index (χ2n) is 8.08. The minimum atomic E-state index is -0.525. The summed E-state index contributed by atoms with van der Waals surface area (Å²) in [6, 6.07) is 14.0. The first-order chi connectivity index (χ1) is 13.9. The summed E-state index contributed by atoms with van der Waals surface area (Å²) >= 11 is 0. The van der Waals surface area contributed by atoms with Crippen molar-refractivity contribution in [1.29, 1.82) is 0 Å². The lowest BCUT2D eigenvalue weighted by molar-refractivity contribution is -0.129. The molecule has 156 valence electrons. The van der Waals surface area contributed by atoms with Crippen LogP contribution in [-0.4, -0.2) is 17.6 Å². The number of fused-ring (bicyclic) bond motifs is 1. The van der Waals surface area contributed by atoms with E-state index >= 15 is 0 Å². The maximum absolute atomic E-state index is 13.2. The van der Waals surface area contributed by atoms with Crippen molar-refractivity contribution in [3.8, 4) is 11.5 Å². The van der Waals surface area contributed by atoms with Crippen molar-refractivity contribution in [2.45, 2.75) is 78.0 Å². The summed E-state index contributed by atoms with van der Waals surface area (Å²) in [6.07, 6.45) is 2.66. The van der Waals surface area contributed by atoms with Crippen LogP contribution < -0.4 is 14.8 Å². The van der Waals surface area contributed by atoms with Crippen molar-refractivity contribution in [2.24, 2.45) is 0 Å². The first kappa shape index (κ1) is 21.2. The standard InChI is InChI=1S/C25H33NO3/c1-6-21(28-23-15-17(4)13-14-18(23)5)24(27)26-20-16-25(7-2,8-3)29-22-12-10-9-11-19(20)22/h9-15,20-21H,6-8,16H2,1-5H3,(H,26,27). The van der Waals surface area contributed by atoms with E-state index in [1.165, 1.54) is 0 Å². The lowest BCUT2D eigenvalue weighted by Gasteiger charge is -2.42. The monoisotopic (exact) mass is 395 g/mol. The molecule has 0 saturated heterocycles. The molecule has 0 spiro atoms. The normalized spacial score (nSPS) is 18.3. The summed E-state index contributed by atoms with van der Waals surface area (Å²) in [5, 5.41) is 3.26. The van der Waals surface area contributed by atoms with Crippen molar-refractivity contribution < 1.29 is 14.3 Å². The first-order valence-electron chi connectivity index (χ1n) is 10.7. The van der Waals surface area contributed by atoms with Gasteiger partial charge in [-0.05, 0) is 56.4 Å². The minimum Gasteiger partial charge on any atom is -0.487 e. The smallest absolute Gasteiger partial charge is 0.261 e. The number of rotatable bonds is 7. The van der Waals surface area contributed by atoms with Crippen molar-refractivity contribution >= 4 is 5.91 Å². The van der Waals surface area contributed by atoms with Gasteiger partial charge in [0.25, 0.3) is 5.91 Å². The molecule has 1 aliphatic heterocycles. The Morgan fingerprint density at radius 2 is 1.90 bits per heavy atom. The zero-order valence-electron chi connectivity index (χ0n) is 18.2. The fourth-order valence-electron chi connectivity index (χ4n) is 4.00. The third kappa shape index (κ3) is 4.58. The maximum atomic E-state index is 13.2. The number of nitrogens with one attached hydrogen (secondary N) is 1. The second-order valence-corrected chi connectivity index (χ2v) is 8.08. The van der Waals surface area contributed by atoms with E-state index in [-0.39, 0.29) is 17.6 Å². The molecule has 1 amide bonds. The van der Waals surface area contributed by atoms with Crippen LogP contribution in [0.5, 0.6) is 11.5 Å². The molecular weight excluding hydrogens is 362 g/mol. The molecule has 4 heteroatoms. The van der Waals surface area contributed by atoms with E-state index in [4.69, 9.17) is 9.47 Å². The number of ether oxygens (including phenoxy) is 2. The number of carbonyl (C=O) groups excluding carboxylic acids is 1. The minimum absolute atomic E-state index is 0.0729. The highest BCUT2D eigenvalue weighted by molar-refractivity contribution is 5.81. The average molecular weight is 396 g/mol. The fraction of sp³-hybridized carbons (Fsp3) is 0.480. The number of para-hydroxylation sites is 1. The van der Waals surface area contributed by atoms with Gasteiger partial charge in [-0.25, -0.2) is 0 Å². The molecule has 0 bridgehead atoms. The fourth-order valence-corrected chi connectivity index (χ4v) is 4.00. The number of carbonyl (C=O) groups is 1. The van der Waals surface area contributed by atoms with Gasteiger partial charge < -0.3 is 14.8 Å². The van der Waals surface area contributed by atoms with E-state index < -0.39 is 6.10 Å². The third-order valence-electron chi connectivity index (χ3n) is 6.08. The van der Waals surface area contributed by atoms with Crippen molar-refractivity contribution in [2.75, 3.05) is 0 Å². The van der Waals surface area contributed by atoms with Crippen LogP contribution in [0, 0.1) is 13.8 Å². The number of aryl methyl sites for hydroxylation is 2. The van der Waals surface area contributed by atoms with E-state index in [9.17, 15) is 4.79 Å². The van der Waals surface area contributed by atoms with Gasteiger partial charge in [-0.2, -0.15) is 0 Å². The Labute approximate surface area is 174 Å². The molecule has 2 unspecified atom stereocenters. The van der Waals surface area contributed by atoms with E-state index in [1.807, 2.05) is 57.2 Å². The van der Waals surface area contributed by atoms with Crippen LogP contribution in [0.25, 0.3) is 0 Å². The second kappa shape index (κ2) is 8.89. The first-order valence-corrected chi connectivity index (χ1v) is 10.7. The van der Waals surface area contributed by atoms with Crippen LogP contribution in [0.4, 0.5) is 0 Å². The van der Waals surface area contributed by atoms with Gasteiger partial charge in [-0.1, -0.05) is 51.1 Å². The van der Waals surface area contributed by atoms with Gasteiger partial charge in [0.05, 0.1) is 6.04 Å². The molecule has 4 nitrogen and oxygen atoms in total. The van der Waals surface area contributed by atoms with E-state index in [0.717, 1.165) is 47.5 Å². The maximum Gasteiger partial charge on any atom is 0.261 e. The van der Waals surface area contributed by atoms with Crippen LogP contribution >= 0.6 is 0 Å². The summed E-state index contributed by atoms with van der Waals surface area (Å²) in [6.45, 7) is 10.3. The third-order valence-corrected chi connectivity index (χ3v) is 6.08. The number of hydrogen-bond acceptors (Lipinski definition) is 3. The van der Waals surface area contributed by atoms with E-state index in [0.29, 0.717) is 6.42 Å². The predicted molar refractivity (Wildman–Crippen MR) is 117 cm³/mol. The highest BCUT2D eigenvalue weighted by atomic mass is 16.5. The van der Waals surface area contributed by atoms with Gasteiger partial charge in [0.2, 0.25) is 0 Å². The molecule has 1 aliphatic rings. The number of benzene rings is 2.